The van der Waals surface area contributed by atoms with Crippen molar-refractivity contribution >= 4 is 34.2 Å². The van der Waals surface area contributed by atoms with E-state index in [1.165, 1.54) is 0 Å². The van der Waals surface area contributed by atoms with Gasteiger partial charge in [-0.25, -0.2) is 9.97 Å². The summed E-state index contributed by atoms with van der Waals surface area (Å²) < 4.78 is 41.7. The highest BCUT2D eigenvalue weighted by atomic mass is 32.1. The van der Waals surface area contributed by atoms with Gasteiger partial charge in [-0.15, -0.1) is 11.3 Å². The lowest BCUT2D eigenvalue weighted by atomic mass is 9.71. The molecule has 3 aromatic rings. The van der Waals surface area contributed by atoms with Gasteiger partial charge in [0, 0.05) is 35.1 Å². The molecule has 3 aromatic heterocycles. The Morgan fingerprint density at radius 3 is 2.65 bits per heavy atom. The molecule has 1 amide bonds. The molecular formula is C26H29F3N4O3S. The highest BCUT2D eigenvalue weighted by Gasteiger charge is 2.39. The van der Waals surface area contributed by atoms with E-state index >= 15 is 0 Å². The van der Waals surface area contributed by atoms with Gasteiger partial charge in [0.2, 0.25) is 5.91 Å². The second-order valence-electron chi connectivity index (χ2n) is 10.5. The Morgan fingerprint density at radius 2 is 2.00 bits per heavy atom. The molecule has 0 spiro atoms. The zero-order valence-electron chi connectivity index (χ0n) is 20.8. The topological polar surface area (TPSA) is 88.3 Å². The van der Waals surface area contributed by atoms with Crippen LogP contribution in [-0.2, 0) is 35.3 Å². The molecule has 0 radical (unpaired) electrons. The lowest BCUT2D eigenvalue weighted by Gasteiger charge is -2.35. The van der Waals surface area contributed by atoms with Gasteiger partial charge >= 0.3 is 12.1 Å². The van der Waals surface area contributed by atoms with Crippen LogP contribution in [0.3, 0.4) is 0 Å². The number of thiazole rings is 1. The predicted octanol–water partition coefficient (Wildman–Crippen LogP) is 5.42. The van der Waals surface area contributed by atoms with Crippen molar-refractivity contribution < 1.29 is 27.9 Å². The summed E-state index contributed by atoms with van der Waals surface area (Å²) in [6, 6.07) is 3.81. The van der Waals surface area contributed by atoms with Crippen molar-refractivity contribution in [1.82, 2.24) is 19.4 Å². The van der Waals surface area contributed by atoms with Crippen LogP contribution in [0, 0.1) is 18.3 Å². The minimum atomic E-state index is -4.49. The van der Waals surface area contributed by atoms with Crippen molar-refractivity contribution in [3.05, 3.63) is 45.2 Å². The molecule has 0 unspecified atom stereocenters. The van der Waals surface area contributed by atoms with Gasteiger partial charge in [-0.3, -0.25) is 9.59 Å². The number of hydrogen-bond donors (Lipinski definition) is 1. The molecule has 1 N–H and O–H groups in total. The number of nitrogens with zero attached hydrogens (tertiary/aromatic N) is 4. The van der Waals surface area contributed by atoms with Crippen LogP contribution in [0.15, 0.2) is 18.3 Å². The normalized spacial score (nSPS) is 22.3. The fourth-order valence-corrected chi connectivity index (χ4v) is 6.51. The zero-order valence-corrected chi connectivity index (χ0v) is 21.6. The number of rotatable bonds is 5. The van der Waals surface area contributed by atoms with Crippen molar-refractivity contribution in [3.8, 4) is 0 Å². The molecule has 0 bridgehead atoms. The third-order valence-corrected chi connectivity index (χ3v) is 9.18. The number of carbonyl (C=O) groups is 2. The highest BCUT2D eigenvalue weighted by molar-refractivity contribution is 7.11. The third kappa shape index (κ3) is 4.85. The van der Waals surface area contributed by atoms with Crippen LogP contribution < -0.4 is 0 Å². The molecule has 1 saturated carbocycles. The molecule has 1 aliphatic carbocycles. The van der Waals surface area contributed by atoms with E-state index in [-0.39, 0.29) is 18.4 Å². The lowest BCUT2D eigenvalue weighted by molar-refractivity contribution is -0.150. The first-order valence-electron chi connectivity index (χ1n) is 12.5. The fraction of sp³-hybridized carbons (Fsp3) is 0.538. The first kappa shape index (κ1) is 25.7. The van der Waals surface area contributed by atoms with E-state index in [1.807, 2.05) is 21.6 Å². The number of hydrogen-bond acceptors (Lipinski definition) is 5. The van der Waals surface area contributed by atoms with E-state index in [0.29, 0.717) is 79.2 Å². The number of aliphatic carboxylic acids is 1. The summed E-state index contributed by atoms with van der Waals surface area (Å²) in [6.07, 6.45) is 0.765. The van der Waals surface area contributed by atoms with Crippen molar-refractivity contribution in [2.45, 2.75) is 71.6 Å². The van der Waals surface area contributed by atoms with Gasteiger partial charge < -0.3 is 14.6 Å². The number of halogens is 3. The number of amides is 1. The molecule has 4 heterocycles. The summed E-state index contributed by atoms with van der Waals surface area (Å²) in [5.74, 6) is -0.581. The summed E-state index contributed by atoms with van der Waals surface area (Å²) >= 11 is 0.649. The van der Waals surface area contributed by atoms with E-state index in [0.717, 1.165) is 16.6 Å². The van der Waals surface area contributed by atoms with E-state index in [2.05, 4.69) is 9.97 Å². The number of pyridine rings is 1. The van der Waals surface area contributed by atoms with Gasteiger partial charge in [-0.1, -0.05) is 0 Å². The van der Waals surface area contributed by atoms with Crippen LogP contribution in [-0.4, -0.2) is 43.0 Å². The Labute approximate surface area is 216 Å². The number of aromatic nitrogens is 3. The molecule has 1 fully saturated rings. The Hall–Kier alpha value is -2.95. The third-order valence-electron chi connectivity index (χ3n) is 7.99. The lowest BCUT2D eigenvalue weighted by Crippen LogP contribution is -2.39. The van der Waals surface area contributed by atoms with Gasteiger partial charge in [0.05, 0.1) is 24.2 Å². The summed E-state index contributed by atoms with van der Waals surface area (Å²) in [6.45, 7) is 4.50. The number of alkyl halides is 3. The monoisotopic (exact) mass is 534 g/mol. The van der Waals surface area contributed by atoms with Crippen molar-refractivity contribution in [3.63, 3.8) is 0 Å². The Kier molecular flexibility index (Phi) is 6.54. The van der Waals surface area contributed by atoms with Crippen molar-refractivity contribution in [2.24, 2.45) is 11.3 Å². The van der Waals surface area contributed by atoms with Crippen LogP contribution in [0.2, 0.25) is 0 Å². The quantitative estimate of drug-likeness (QED) is 0.472. The van der Waals surface area contributed by atoms with Gasteiger partial charge in [-0.2, -0.15) is 13.2 Å². The molecule has 2 aliphatic rings. The van der Waals surface area contributed by atoms with Gasteiger partial charge in [0.25, 0.3) is 0 Å². The zero-order chi connectivity index (χ0) is 26.5. The maximum Gasteiger partial charge on any atom is 0.443 e. The molecule has 11 heteroatoms. The molecular weight excluding hydrogens is 505 g/mol. The number of aryl methyl sites for hydroxylation is 1. The second kappa shape index (κ2) is 9.41. The number of carboxylic acids is 1. The fourth-order valence-electron chi connectivity index (χ4n) is 5.59. The van der Waals surface area contributed by atoms with Crippen LogP contribution in [0.4, 0.5) is 13.2 Å². The largest absolute Gasteiger partial charge is 0.481 e. The Balaban J connectivity index is 1.37. The standard InChI is InChI=1S/C26H29F3N4O3S/c1-15-20(37-23(31-15)26(27,28)29)14-33-19-13-32(11-7-17(19)18-4-3-10-30-22(18)33)21(34)12-16-5-8-25(2,9-6-16)24(35)36/h3-4,10,16H,5-9,11-14H2,1-2H3,(H,35,36)/t16-,25+. The first-order chi connectivity index (χ1) is 17.5. The summed E-state index contributed by atoms with van der Waals surface area (Å²) in [5.41, 5.74) is 2.31. The molecule has 0 atom stereocenters. The summed E-state index contributed by atoms with van der Waals surface area (Å²) in [4.78, 5) is 35.4. The number of fused-ring (bicyclic) bond motifs is 3. The minimum Gasteiger partial charge on any atom is -0.481 e. The molecule has 0 aromatic carbocycles. The van der Waals surface area contributed by atoms with Crippen LogP contribution in [0.25, 0.3) is 11.0 Å². The summed E-state index contributed by atoms with van der Waals surface area (Å²) in [5, 5.41) is 9.57. The van der Waals surface area contributed by atoms with Crippen LogP contribution >= 0.6 is 11.3 Å². The maximum atomic E-state index is 13.3. The number of carboxylic acid groups (broad SMARTS) is 1. The smallest absolute Gasteiger partial charge is 0.443 e. The minimum absolute atomic E-state index is 0.0349. The van der Waals surface area contributed by atoms with E-state index in [1.54, 1.807) is 20.0 Å². The average molecular weight is 535 g/mol. The molecule has 198 valence electrons. The van der Waals surface area contributed by atoms with Gasteiger partial charge in [0.1, 0.15) is 5.65 Å². The molecule has 1 aliphatic heterocycles. The van der Waals surface area contributed by atoms with Crippen LogP contribution in [0.1, 0.15) is 65.9 Å². The van der Waals surface area contributed by atoms with Crippen LogP contribution in [0.5, 0.6) is 0 Å². The number of carbonyl (C=O) groups excluding carboxylic acids is 1. The van der Waals surface area contributed by atoms with Gasteiger partial charge in [0.15, 0.2) is 5.01 Å². The molecule has 0 saturated heterocycles. The first-order valence-corrected chi connectivity index (χ1v) is 13.3. The SMILES string of the molecule is Cc1nc(C(F)(F)F)sc1Cn1c2c(c3cccnc31)CCN(C(=O)C[C@H]1CC[C@@](C)(C(=O)O)CC1)C2. The molecule has 7 nitrogen and oxygen atoms in total. The highest BCUT2D eigenvalue weighted by Crippen LogP contribution is 2.41. The van der Waals surface area contributed by atoms with E-state index in [9.17, 15) is 27.9 Å². The Bertz CT molecular complexity index is 1360. The van der Waals surface area contributed by atoms with Crippen molar-refractivity contribution in [2.75, 3.05) is 6.54 Å². The van der Waals surface area contributed by atoms with Gasteiger partial charge in [-0.05, 0) is 69.6 Å². The van der Waals surface area contributed by atoms with E-state index < -0.39 is 22.6 Å². The Morgan fingerprint density at radius 1 is 1.27 bits per heavy atom. The summed E-state index contributed by atoms with van der Waals surface area (Å²) in [7, 11) is 0. The average Bonchev–Trinajstić information content (AvgIpc) is 3.38. The van der Waals surface area contributed by atoms with Crippen molar-refractivity contribution in [1.29, 1.82) is 0 Å². The second-order valence-corrected chi connectivity index (χ2v) is 11.6. The molecule has 37 heavy (non-hydrogen) atoms. The maximum absolute atomic E-state index is 13.3. The van der Waals surface area contributed by atoms with E-state index in [4.69, 9.17) is 0 Å². The predicted molar refractivity (Wildman–Crippen MR) is 132 cm³/mol. The molecule has 5 rings (SSSR count).